The van der Waals surface area contributed by atoms with E-state index in [1.165, 1.54) is 19.4 Å². The Morgan fingerprint density at radius 3 is 2.59 bits per heavy atom. The van der Waals surface area contributed by atoms with Crippen molar-refractivity contribution in [1.82, 2.24) is 20.6 Å². The fraction of sp³-hybridized carbons (Fsp3) is 0.538. The average Bonchev–Trinajstić information content (AvgIpc) is 2.95. The second-order valence-electron chi connectivity index (χ2n) is 4.71. The van der Waals surface area contributed by atoms with Crippen molar-refractivity contribution in [2.75, 3.05) is 12.0 Å². The maximum absolute atomic E-state index is 12.2. The number of carbonyl (C=O) groups is 3. The molecule has 0 aromatic carbocycles. The minimum atomic E-state index is -1.14. The van der Waals surface area contributed by atoms with Gasteiger partial charge in [0.05, 0.1) is 6.33 Å². The van der Waals surface area contributed by atoms with Crippen molar-refractivity contribution < 1.29 is 19.5 Å². The second kappa shape index (κ2) is 9.08. The van der Waals surface area contributed by atoms with Crippen LogP contribution in [0.25, 0.3) is 0 Å². The highest BCUT2D eigenvalue weighted by atomic mass is 32.2. The van der Waals surface area contributed by atoms with Crippen LogP contribution in [0.3, 0.4) is 0 Å². The summed E-state index contributed by atoms with van der Waals surface area (Å²) in [6, 6.07) is -1.83. The van der Waals surface area contributed by atoms with E-state index in [1.807, 2.05) is 6.26 Å². The molecule has 22 heavy (non-hydrogen) atoms. The van der Waals surface area contributed by atoms with Gasteiger partial charge in [0.2, 0.25) is 11.8 Å². The van der Waals surface area contributed by atoms with Gasteiger partial charge in [0, 0.05) is 25.2 Å². The number of H-pyrrole nitrogens is 1. The Kier molecular flexibility index (Phi) is 7.44. The first-order chi connectivity index (χ1) is 10.4. The molecule has 0 saturated carbocycles. The van der Waals surface area contributed by atoms with Gasteiger partial charge in [-0.15, -0.1) is 0 Å². The lowest BCUT2D eigenvalue weighted by molar-refractivity contribution is -0.142. The summed E-state index contributed by atoms with van der Waals surface area (Å²) in [5, 5.41) is 14.2. The molecule has 0 spiro atoms. The number of aromatic amines is 1. The molecule has 0 fully saturated rings. The Balaban J connectivity index is 2.69. The SMILES string of the molecule is CSCC[C@H](NC(C)=O)C(=O)N[C@@H](Cc1cnc[nH]1)C(=O)O. The smallest absolute Gasteiger partial charge is 0.326 e. The first kappa shape index (κ1) is 18.0. The van der Waals surface area contributed by atoms with Crippen LogP contribution < -0.4 is 10.6 Å². The van der Waals surface area contributed by atoms with E-state index in [-0.39, 0.29) is 12.3 Å². The number of hydrogen-bond acceptors (Lipinski definition) is 5. The maximum Gasteiger partial charge on any atom is 0.326 e. The van der Waals surface area contributed by atoms with Crippen molar-refractivity contribution in [3.8, 4) is 0 Å². The third-order valence-corrected chi connectivity index (χ3v) is 3.54. The molecule has 0 bridgehead atoms. The lowest BCUT2D eigenvalue weighted by Gasteiger charge is -2.20. The van der Waals surface area contributed by atoms with Gasteiger partial charge in [-0.1, -0.05) is 0 Å². The van der Waals surface area contributed by atoms with E-state index in [1.54, 1.807) is 11.8 Å². The number of thioether (sulfide) groups is 1. The van der Waals surface area contributed by atoms with Gasteiger partial charge in [-0.2, -0.15) is 11.8 Å². The standard InChI is InChI=1S/C13H20N4O4S/c1-8(18)16-10(3-4-22-2)12(19)17-11(13(20)21)5-9-6-14-7-15-9/h6-7,10-11H,3-5H2,1-2H3,(H,14,15)(H,16,18)(H,17,19)(H,20,21)/t10-,11-/m0/s1. The van der Waals surface area contributed by atoms with Gasteiger partial charge in [-0.05, 0) is 18.4 Å². The molecular weight excluding hydrogens is 308 g/mol. The predicted octanol–water partition coefficient (Wildman–Crippen LogP) is -0.221. The van der Waals surface area contributed by atoms with Crippen molar-refractivity contribution in [1.29, 1.82) is 0 Å². The molecule has 4 N–H and O–H groups in total. The molecule has 0 radical (unpaired) electrons. The van der Waals surface area contributed by atoms with Crippen molar-refractivity contribution in [2.24, 2.45) is 0 Å². The van der Waals surface area contributed by atoms with Crippen LogP contribution in [0.2, 0.25) is 0 Å². The maximum atomic E-state index is 12.2. The van der Waals surface area contributed by atoms with E-state index < -0.39 is 24.0 Å². The second-order valence-corrected chi connectivity index (χ2v) is 5.70. The number of amides is 2. The van der Waals surface area contributed by atoms with Crippen LogP contribution in [0.4, 0.5) is 0 Å². The number of nitrogens with zero attached hydrogens (tertiary/aromatic N) is 1. The van der Waals surface area contributed by atoms with E-state index in [2.05, 4.69) is 20.6 Å². The molecular formula is C13H20N4O4S. The summed E-state index contributed by atoms with van der Waals surface area (Å²) in [6.07, 6.45) is 5.36. The van der Waals surface area contributed by atoms with E-state index in [4.69, 9.17) is 0 Å². The van der Waals surface area contributed by atoms with Crippen LogP contribution in [0.5, 0.6) is 0 Å². The van der Waals surface area contributed by atoms with Gasteiger partial charge >= 0.3 is 5.97 Å². The molecule has 9 heteroatoms. The molecule has 0 aliphatic carbocycles. The van der Waals surface area contributed by atoms with Gasteiger partial charge in [0.25, 0.3) is 0 Å². The van der Waals surface area contributed by atoms with Crippen LogP contribution in [-0.2, 0) is 20.8 Å². The van der Waals surface area contributed by atoms with E-state index >= 15 is 0 Å². The van der Waals surface area contributed by atoms with E-state index in [0.717, 1.165) is 0 Å². The van der Waals surface area contributed by atoms with E-state index in [0.29, 0.717) is 17.9 Å². The van der Waals surface area contributed by atoms with Crippen molar-refractivity contribution >= 4 is 29.5 Å². The highest BCUT2D eigenvalue weighted by Gasteiger charge is 2.26. The van der Waals surface area contributed by atoms with Crippen LogP contribution in [0, 0.1) is 0 Å². The molecule has 2 amide bonds. The van der Waals surface area contributed by atoms with Crippen LogP contribution >= 0.6 is 11.8 Å². The molecule has 1 rings (SSSR count). The van der Waals surface area contributed by atoms with Gasteiger partial charge in [-0.25, -0.2) is 9.78 Å². The summed E-state index contributed by atoms with van der Waals surface area (Å²) in [6.45, 7) is 1.32. The number of imidazole rings is 1. The molecule has 1 aromatic rings. The lowest BCUT2D eigenvalue weighted by Crippen LogP contribution is -2.52. The van der Waals surface area contributed by atoms with Crippen LogP contribution in [0.1, 0.15) is 19.0 Å². The number of rotatable bonds is 9. The molecule has 2 atom stereocenters. The monoisotopic (exact) mass is 328 g/mol. The Bertz CT molecular complexity index is 506. The Hall–Kier alpha value is -2.03. The number of carboxylic acid groups (broad SMARTS) is 1. The van der Waals surface area contributed by atoms with Crippen molar-refractivity contribution in [3.05, 3.63) is 18.2 Å². The van der Waals surface area contributed by atoms with Crippen molar-refractivity contribution in [2.45, 2.75) is 31.8 Å². The summed E-state index contributed by atoms with van der Waals surface area (Å²) < 4.78 is 0. The summed E-state index contributed by atoms with van der Waals surface area (Å²) in [5.41, 5.74) is 0.605. The Morgan fingerprint density at radius 1 is 1.36 bits per heavy atom. The number of hydrogen-bond donors (Lipinski definition) is 4. The molecule has 0 unspecified atom stereocenters. The number of carboxylic acids is 1. The third-order valence-electron chi connectivity index (χ3n) is 2.90. The highest BCUT2D eigenvalue weighted by molar-refractivity contribution is 7.98. The summed E-state index contributed by atoms with van der Waals surface area (Å²) in [5.74, 6) is -1.30. The first-order valence-electron chi connectivity index (χ1n) is 6.70. The van der Waals surface area contributed by atoms with Gasteiger partial charge < -0.3 is 20.7 Å². The zero-order chi connectivity index (χ0) is 16.5. The zero-order valence-corrected chi connectivity index (χ0v) is 13.3. The van der Waals surface area contributed by atoms with Gasteiger partial charge in [0.1, 0.15) is 12.1 Å². The minimum absolute atomic E-state index is 0.0936. The fourth-order valence-electron chi connectivity index (χ4n) is 1.84. The zero-order valence-electron chi connectivity index (χ0n) is 12.5. The highest BCUT2D eigenvalue weighted by Crippen LogP contribution is 2.04. The summed E-state index contributed by atoms with van der Waals surface area (Å²) >= 11 is 1.54. The van der Waals surface area contributed by atoms with Crippen LogP contribution in [-0.4, -0.2) is 57.0 Å². The Morgan fingerprint density at radius 2 is 2.09 bits per heavy atom. The fourth-order valence-corrected chi connectivity index (χ4v) is 2.31. The number of aliphatic carboxylic acids is 1. The largest absolute Gasteiger partial charge is 0.480 e. The van der Waals surface area contributed by atoms with Crippen molar-refractivity contribution in [3.63, 3.8) is 0 Å². The molecule has 122 valence electrons. The minimum Gasteiger partial charge on any atom is -0.480 e. The predicted molar refractivity (Wildman–Crippen MR) is 82.5 cm³/mol. The first-order valence-corrected chi connectivity index (χ1v) is 8.10. The third kappa shape index (κ3) is 6.17. The Labute approximate surface area is 132 Å². The van der Waals surface area contributed by atoms with Gasteiger partial charge in [0.15, 0.2) is 0 Å². The quantitative estimate of drug-likeness (QED) is 0.497. The average molecular weight is 328 g/mol. The number of nitrogens with one attached hydrogen (secondary N) is 3. The van der Waals surface area contributed by atoms with E-state index in [9.17, 15) is 19.5 Å². The molecule has 0 aliphatic heterocycles. The summed E-state index contributed by atoms with van der Waals surface area (Å²) in [7, 11) is 0. The molecule has 8 nitrogen and oxygen atoms in total. The topological polar surface area (TPSA) is 124 Å². The molecule has 1 heterocycles. The van der Waals surface area contributed by atoms with Crippen LogP contribution in [0.15, 0.2) is 12.5 Å². The lowest BCUT2D eigenvalue weighted by atomic mass is 10.1. The van der Waals surface area contributed by atoms with Gasteiger partial charge in [-0.3, -0.25) is 9.59 Å². The summed E-state index contributed by atoms with van der Waals surface area (Å²) in [4.78, 5) is 41.3. The number of carbonyl (C=O) groups excluding carboxylic acids is 2. The molecule has 0 saturated heterocycles. The normalized spacial score (nSPS) is 13.2. The number of aromatic nitrogens is 2. The molecule has 0 aliphatic rings. The molecule has 1 aromatic heterocycles.